The smallest absolute Gasteiger partial charge is 0.424 e. The molecule has 0 aromatic heterocycles. The fourth-order valence-corrected chi connectivity index (χ4v) is 15.1. The lowest BCUT2D eigenvalue weighted by Crippen LogP contribution is -2.71. The average molecular weight is 1010 g/mol. The number of allylic oxidation sites excluding steroid dienone is 1. The number of hydrogen-bond acceptors (Lipinski definition) is 12. The molecule has 1 fully saturated rings. The van der Waals surface area contributed by atoms with E-state index in [0.29, 0.717) is 14.8 Å². The number of carbonyl (C=O) groups is 5. The van der Waals surface area contributed by atoms with E-state index in [4.69, 9.17) is 23.4 Å². The lowest BCUT2D eigenvalue weighted by molar-refractivity contribution is -0.172. The van der Waals surface area contributed by atoms with Gasteiger partial charge in [-0.05, 0) is 115 Å². The lowest BCUT2D eigenvalue weighted by Gasteiger charge is -2.47. The number of nitrogens with zero attached hydrogens (tertiary/aromatic N) is 2. The van der Waals surface area contributed by atoms with E-state index >= 15 is 14.4 Å². The summed E-state index contributed by atoms with van der Waals surface area (Å²) in [5.41, 5.74) is -3.76. The highest BCUT2D eigenvalue weighted by atomic mass is 32.2. The molecule has 4 aromatic rings. The molecule has 14 nitrogen and oxygen atoms in total. The third-order valence-electron chi connectivity index (χ3n) is 12.2. The quantitative estimate of drug-likeness (QED) is 0.0425. The summed E-state index contributed by atoms with van der Waals surface area (Å²) in [6.07, 6.45) is -4.98. The number of likely N-dealkylation sites (tertiary alicyclic amines) is 1. The van der Waals surface area contributed by atoms with Gasteiger partial charge in [0, 0.05) is 18.4 Å². The summed E-state index contributed by atoms with van der Waals surface area (Å²) in [7, 11) is -8.32. The van der Waals surface area contributed by atoms with E-state index in [9.17, 15) is 18.0 Å². The highest BCUT2D eigenvalue weighted by molar-refractivity contribution is 7.89. The van der Waals surface area contributed by atoms with Crippen molar-refractivity contribution in [2.45, 2.75) is 129 Å². The van der Waals surface area contributed by atoms with Gasteiger partial charge in [-0.1, -0.05) is 123 Å². The number of amides is 3. The van der Waals surface area contributed by atoms with Gasteiger partial charge in [0.05, 0.1) is 23.7 Å². The van der Waals surface area contributed by atoms with E-state index in [-0.39, 0.29) is 23.5 Å². The van der Waals surface area contributed by atoms with Gasteiger partial charge in [-0.3, -0.25) is 4.79 Å². The number of carbonyl (C=O) groups excluding carboxylic acids is 5. The summed E-state index contributed by atoms with van der Waals surface area (Å²) in [6, 6.07) is 33.0. The van der Waals surface area contributed by atoms with Gasteiger partial charge in [-0.2, -0.15) is 0 Å². The summed E-state index contributed by atoms with van der Waals surface area (Å²) < 4.78 is 61.7. The first-order chi connectivity index (χ1) is 33.1. The van der Waals surface area contributed by atoms with E-state index in [1.54, 1.807) is 92.6 Å². The van der Waals surface area contributed by atoms with Crippen molar-refractivity contribution in [1.82, 2.24) is 9.21 Å². The number of esters is 2. The number of ether oxygens (including phenoxy) is 4. The molecular weight excluding hydrogens is 941 g/mol. The van der Waals surface area contributed by atoms with Crippen molar-refractivity contribution >= 4 is 58.7 Å². The van der Waals surface area contributed by atoms with Crippen molar-refractivity contribution in [3.63, 3.8) is 0 Å². The van der Waals surface area contributed by atoms with Crippen LogP contribution in [0.15, 0.2) is 132 Å². The molecule has 0 aliphatic carbocycles. The Morgan fingerprint density at radius 3 is 1.75 bits per heavy atom. The molecular formula is C55H70N2O12SSi. The van der Waals surface area contributed by atoms with Crippen LogP contribution in [-0.2, 0) is 43.0 Å². The minimum atomic E-state index is -4.71. The van der Waals surface area contributed by atoms with Crippen LogP contribution >= 0.6 is 0 Å². The maximum absolute atomic E-state index is 15.8. The summed E-state index contributed by atoms with van der Waals surface area (Å²) in [4.78, 5) is 75.9. The Hall–Kier alpha value is -6.10. The number of benzene rings is 4. The first kappa shape index (κ1) is 55.8. The molecule has 1 aliphatic rings. The van der Waals surface area contributed by atoms with Crippen LogP contribution in [0.4, 0.5) is 9.59 Å². The Labute approximate surface area is 420 Å². The van der Waals surface area contributed by atoms with Crippen molar-refractivity contribution in [3.05, 3.63) is 139 Å². The molecule has 1 aliphatic heterocycles. The van der Waals surface area contributed by atoms with Gasteiger partial charge in [0.1, 0.15) is 11.2 Å². The molecule has 0 bridgehead atoms. The van der Waals surface area contributed by atoms with Crippen molar-refractivity contribution in [2.24, 2.45) is 11.8 Å². The maximum Gasteiger partial charge on any atom is 0.424 e. The van der Waals surface area contributed by atoms with Crippen LogP contribution in [-0.4, -0.2) is 98.6 Å². The summed E-state index contributed by atoms with van der Waals surface area (Å²) in [5.74, 6) is -5.81. The summed E-state index contributed by atoms with van der Waals surface area (Å²) >= 11 is 0. The minimum absolute atomic E-state index is 0.0745. The Morgan fingerprint density at radius 1 is 0.775 bits per heavy atom. The first-order valence-corrected chi connectivity index (χ1v) is 27.2. The highest BCUT2D eigenvalue weighted by Crippen LogP contribution is 2.50. The van der Waals surface area contributed by atoms with Crippen LogP contribution in [0.25, 0.3) is 0 Å². The zero-order valence-corrected chi connectivity index (χ0v) is 45.0. The van der Waals surface area contributed by atoms with Crippen molar-refractivity contribution < 1.29 is 55.8 Å². The molecule has 4 aromatic carbocycles. The van der Waals surface area contributed by atoms with Gasteiger partial charge in [-0.25, -0.2) is 36.8 Å². The zero-order valence-electron chi connectivity index (χ0n) is 43.1. The van der Waals surface area contributed by atoms with Crippen LogP contribution < -0.4 is 10.4 Å². The number of hydrogen-bond donors (Lipinski definition) is 0. The Balaban J connectivity index is 1.89. The van der Waals surface area contributed by atoms with E-state index in [1.165, 1.54) is 24.3 Å². The normalized spacial score (nSPS) is 18.0. The topological polar surface area (TPSA) is 172 Å². The third kappa shape index (κ3) is 12.3. The van der Waals surface area contributed by atoms with E-state index < -0.39 is 108 Å². The zero-order chi connectivity index (χ0) is 52.7. The molecule has 4 atom stereocenters. The van der Waals surface area contributed by atoms with Gasteiger partial charge in [0.25, 0.3) is 18.3 Å². The predicted molar refractivity (Wildman–Crippen MR) is 274 cm³/mol. The van der Waals surface area contributed by atoms with E-state index in [2.05, 4.69) is 6.58 Å². The average Bonchev–Trinajstić information content (AvgIpc) is 3.52. The van der Waals surface area contributed by atoms with Crippen LogP contribution in [0.1, 0.15) is 105 Å². The highest BCUT2D eigenvalue weighted by Gasteiger charge is 2.71. The molecule has 382 valence electrons. The molecule has 5 rings (SSSR count). The number of rotatable bonds is 17. The first-order valence-electron chi connectivity index (χ1n) is 23.8. The fourth-order valence-electron chi connectivity index (χ4n) is 9.27. The van der Waals surface area contributed by atoms with E-state index in [1.807, 2.05) is 81.4 Å². The Bertz CT molecular complexity index is 2600. The lowest BCUT2D eigenvalue weighted by atomic mass is 9.72. The van der Waals surface area contributed by atoms with E-state index in [0.717, 1.165) is 15.9 Å². The van der Waals surface area contributed by atoms with Crippen molar-refractivity contribution in [3.8, 4) is 0 Å². The number of aryl methyl sites for hydroxylation is 1. The van der Waals surface area contributed by atoms with Gasteiger partial charge in [0.15, 0.2) is 11.6 Å². The molecule has 0 radical (unpaired) electrons. The third-order valence-corrected chi connectivity index (χ3v) is 19.0. The molecule has 0 saturated carbocycles. The number of sulfonamides is 1. The minimum Gasteiger partial charge on any atom is -0.464 e. The second-order valence-electron chi connectivity index (χ2n) is 21.0. The van der Waals surface area contributed by atoms with Gasteiger partial charge in [-0.15, -0.1) is 6.58 Å². The molecule has 1 saturated heterocycles. The Morgan fingerprint density at radius 2 is 1.28 bits per heavy atom. The maximum atomic E-state index is 15.8. The molecule has 1 heterocycles. The predicted octanol–water partition coefficient (Wildman–Crippen LogP) is 9.39. The van der Waals surface area contributed by atoms with Crippen molar-refractivity contribution in [2.75, 3.05) is 19.8 Å². The van der Waals surface area contributed by atoms with Gasteiger partial charge < -0.3 is 23.4 Å². The largest absolute Gasteiger partial charge is 0.464 e. The van der Waals surface area contributed by atoms with Gasteiger partial charge in [0.2, 0.25) is 5.91 Å². The molecule has 0 unspecified atom stereocenters. The molecule has 3 amide bonds. The van der Waals surface area contributed by atoms with Crippen LogP contribution in [0.3, 0.4) is 0 Å². The SMILES string of the molecule is C=C(C)C[C@H]1C(=O)N(C(=O)OC(C)(C)C)[C@](C(=O)OCC)([C@H](CO[Si](c2ccccc2)(c2ccccc2)C(C)(C)C)OC(=O)c2ccccc2)[C@H]1CCN(C(=O)OC(C)(C)C)S(=O)(=O)c1ccc(C)cc1. The van der Waals surface area contributed by atoms with Crippen LogP contribution in [0, 0.1) is 18.8 Å². The molecule has 16 heteroatoms. The Kier molecular flexibility index (Phi) is 17.4. The molecule has 71 heavy (non-hydrogen) atoms. The van der Waals surface area contributed by atoms with Gasteiger partial charge >= 0.3 is 24.1 Å². The standard InChI is InChI=1S/C55H70N2O12SSi/c1-14-65-49(60)55(46(67-48(59)40-24-18-15-19-25-40)37-66-71(54(11,12)13,42-26-20-16-21-27-42)43-28-22-17-23-29-43)45(44(36-38(2)3)47(58)57(55)51(62)69-53(8,9)10)34-35-56(50(61)68-52(5,6)7)70(63,64)41-32-30-39(4)31-33-41/h15-33,44-46H,2,14,34-37H2,1,3-13H3/t44-,45+,46+,55+/m1/s1. The summed E-state index contributed by atoms with van der Waals surface area (Å²) in [5, 5.41) is 0.987. The summed E-state index contributed by atoms with van der Waals surface area (Å²) in [6.45, 7) is 23.2. The van der Waals surface area contributed by atoms with Crippen molar-refractivity contribution in [1.29, 1.82) is 0 Å². The molecule has 0 spiro atoms. The second kappa shape index (κ2) is 22.1. The van der Waals surface area contributed by atoms with Crippen LogP contribution in [0.5, 0.6) is 0 Å². The second-order valence-corrected chi connectivity index (χ2v) is 27.1. The number of imide groups is 1. The fraction of sp³-hybridized carbons (Fsp3) is 0.436. The molecule has 0 N–H and O–H groups in total. The monoisotopic (exact) mass is 1010 g/mol. The van der Waals surface area contributed by atoms with Crippen LogP contribution in [0.2, 0.25) is 5.04 Å².